The summed E-state index contributed by atoms with van der Waals surface area (Å²) in [6.45, 7) is 2.11. The standard InChI is InChI=1S/C11H17NO4S/c1-8-5-11(17(4,13)14)9(7-12-16-3)6-10(8)15-2/h5-6,12H,7H2,1-4H3. The molecule has 0 saturated heterocycles. The van der Waals surface area contributed by atoms with Gasteiger partial charge in [0.25, 0.3) is 0 Å². The van der Waals surface area contributed by atoms with Crippen LogP contribution < -0.4 is 10.2 Å². The van der Waals surface area contributed by atoms with E-state index in [4.69, 9.17) is 9.57 Å². The molecule has 0 spiro atoms. The molecular formula is C11H17NO4S. The Morgan fingerprint density at radius 1 is 1.29 bits per heavy atom. The summed E-state index contributed by atoms with van der Waals surface area (Å²) in [6, 6.07) is 3.32. The SMILES string of the molecule is CONCc1cc(OC)c(C)cc1S(C)(=O)=O. The lowest BCUT2D eigenvalue weighted by Crippen LogP contribution is -2.14. The van der Waals surface area contributed by atoms with Crippen molar-refractivity contribution >= 4 is 9.84 Å². The maximum absolute atomic E-state index is 11.7. The molecular weight excluding hydrogens is 242 g/mol. The first-order valence-corrected chi connectivity index (χ1v) is 6.92. The van der Waals surface area contributed by atoms with Crippen LogP contribution in [-0.2, 0) is 21.2 Å². The van der Waals surface area contributed by atoms with Crippen LogP contribution in [0.3, 0.4) is 0 Å². The molecule has 96 valence electrons. The third kappa shape index (κ3) is 3.42. The zero-order valence-corrected chi connectivity index (χ0v) is 11.2. The van der Waals surface area contributed by atoms with E-state index in [1.165, 1.54) is 13.4 Å². The van der Waals surface area contributed by atoms with Crippen LogP contribution >= 0.6 is 0 Å². The molecule has 1 aromatic carbocycles. The minimum Gasteiger partial charge on any atom is -0.496 e. The molecule has 0 fully saturated rings. The van der Waals surface area contributed by atoms with Crippen molar-refractivity contribution in [2.24, 2.45) is 0 Å². The Labute approximate surface area is 102 Å². The topological polar surface area (TPSA) is 64.6 Å². The van der Waals surface area contributed by atoms with Gasteiger partial charge in [-0.1, -0.05) is 0 Å². The predicted molar refractivity (Wildman–Crippen MR) is 64.7 cm³/mol. The van der Waals surface area contributed by atoms with Crippen LogP contribution in [0.5, 0.6) is 5.75 Å². The van der Waals surface area contributed by atoms with Crippen LogP contribution in [0.2, 0.25) is 0 Å². The maximum Gasteiger partial charge on any atom is 0.175 e. The lowest BCUT2D eigenvalue weighted by Gasteiger charge is -2.12. The molecule has 0 atom stereocenters. The molecule has 1 rings (SSSR count). The van der Waals surface area contributed by atoms with Gasteiger partial charge in [-0.15, -0.1) is 0 Å². The average Bonchev–Trinajstić information content (AvgIpc) is 2.25. The molecule has 5 nitrogen and oxygen atoms in total. The smallest absolute Gasteiger partial charge is 0.175 e. The minimum absolute atomic E-state index is 0.292. The highest BCUT2D eigenvalue weighted by molar-refractivity contribution is 7.90. The van der Waals surface area contributed by atoms with Crippen molar-refractivity contribution < 1.29 is 18.0 Å². The minimum atomic E-state index is -3.26. The molecule has 0 aromatic heterocycles. The number of hydrogen-bond donors (Lipinski definition) is 1. The zero-order valence-electron chi connectivity index (χ0n) is 10.4. The van der Waals surface area contributed by atoms with Gasteiger partial charge in [-0.3, -0.25) is 0 Å². The fraction of sp³-hybridized carbons (Fsp3) is 0.455. The van der Waals surface area contributed by atoms with Crippen molar-refractivity contribution in [3.8, 4) is 5.75 Å². The molecule has 0 unspecified atom stereocenters. The number of rotatable bonds is 5. The number of hydrogen-bond acceptors (Lipinski definition) is 5. The van der Waals surface area contributed by atoms with Crippen molar-refractivity contribution in [2.75, 3.05) is 20.5 Å². The zero-order chi connectivity index (χ0) is 13.1. The Balaban J connectivity index is 3.31. The number of sulfone groups is 1. The molecule has 0 aliphatic rings. The van der Waals surface area contributed by atoms with Crippen molar-refractivity contribution in [1.29, 1.82) is 0 Å². The van der Waals surface area contributed by atoms with Gasteiger partial charge in [0.15, 0.2) is 9.84 Å². The molecule has 17 heavy (non-hydrogen) atoms. The summed E-state index contributed by atoms with van der Waals surface area (Å²) in [5, 5.41) is 0. The van der Waals surface area contributed by atoms with Crippen LogP contribution in [0.4, 0.5) is 0 Å². The van der Waals surface area contributed by atoms with Crippen molar-refractivity contribution in [1.82, 2.24) is 5.48 Å². The van der Waals surface area contributed by atoms with Gasteiger partial charge in [-0.25, -0.2) is 8.42 Å². The van der Waals surface area contributed by atoms with Crippen LogP contribution in [0.15, 0.2) is 17.0 Å². The Kier molecular flexibility index (Phi) is 4.50. The van der Waals surface area contributed by atoms with Gasteiger partial charge in [0.05, 0.1) is 19.1 Å². The number of ether oxygens (including phenoxy) is 1. The first-order valence-electron chi connectivity index (χ1n) is 5.03. The molecule has 1 aromatic rings. The average molecular weight is 259 g/mol. The Hall–Kier alpha value is -1.11. The third-order valence-corrected chi connectivity index (χ3v) is 3.56. The van der Waals surface area contributed by atoms with E-state index in [9.17, 15) is 8.42 Å². The largest absolute Gasteiger partial charge is 0.496 e. The molecule has 0 saturated carbocycles. The number of hydroxylamine groups is 1. The number of nitrogens with one attached hydrogen (secondary N) is 1. The third-order valence-electron chi connectivity index (χ3n) is 2.38. The highest BCUT2D eigenvalue weighted by Crippen LogP contribution is 2.26. The monoisotopic (exact) mass is 259 g/mol. The number of aryl methyl sites for hydroxylation is 1. The van der Waals surface area contributed by atoms with Gasteiger partial charge in [0, 0.05) is 12.8 Å². The van der Waals surface area contributed by atoms with E-state index in [2.05, 4.69) is 5.48 Å². The normalized spacial score (nSPS) is 11.5. The molecule has 0 amide bonds. The van der Waals surface area contributed by atoms with Gasteiger partial charge in [-0.2, -0.15) is 5.48 Å². The van der Waals surface area contributed by atoms with Gasteiger partial charge in [0.1, 0.15) is 5.75 Å². The van der Waals surface area contributed by atoms with Gasteiger partial charge in [0.2, 0.25) is 0 Å². The van der Waals surface area contributed by atoms with Crippen LogP contribution in [-0.4, -0.2) is 28.9 Å². The maximum atomic E-state index is 11.7. The summed E-state index contributed by atoms with van der Waals surface area (Å²) in [6.07, 6.45) is 1.19. The lowest BCUT2D eigenvalue weighted by molar-refractivity contribution is 0.0861. The van der Waals surface area contributed by atoms with E-state index in [1.54, 1.807) is 26.2 Å². The quantitative estimate of drug-likeness (QED) is 0.801. The Morgan fingerprint density at radius 2 is 1.94 bits per heavy atom. The summed E-state index contributed by atoms with van der Waals surface area (Å²) in [5.74, 6) is 0.658. The van der Waals surface area contributed by atoms with E-state index in [-0.39, 0.29) is 0 Å². The predicted octanol–water partition coefficient (Wildman–Crippen LogP) is 1.06. The van der Waals surface area contributed by atoms with E-state index in [0.29, 0.717) is 22.8 Å². The molecule has 0 heterocycles. The highest BCUT2D eigenvalue weighted by atomic mass is 32.2. The van der Waals surface area contributed by atoms with E-state index in [0.717, 1.165) is 5.56 Å². The molecule has 0 radical (unpaired) electrons. The van der Waals surface area contributed by atoms with Gasteiger partial charge >= 0.3 is 0 Å². The van der Waals surface area contributed by atoms with Crippen molar-refractivity contribution in [3.63, 3.8) is 0 Å². The molecule has 1 N–H and O–H groups in total. The summed E-state index contributed by atoms with van der Waals surface area (Å²) >= 11 is 0. The summed E-state index contributed by atoms with van der Waals surface area (Å²) in [5.41, 5.74) is 4.04. The van der Waals surface area contributed by atoms with Crippen LogP contribution in [0, 0.1) is 6.92 Å². The fourth-order valence-corrected chi connectivity index (χ4v) is 2.56. The summed E-state index contributed by atoms with van der Waals surface area (Å²) < 4.78 is 28.5. The van der Waals surface area contributed by atoms with Gasteiger partial charge < -0.3 is 9.57 Å². The molecule has 0 aliphatic carbocycles. The second kappa shape index (κ2) is 5.48. The number of methoxy groups -OCH3 is 1. The molecule has 0 aliphatic heterocycles. The second-order valence-electron chi connectivity index (χ2n) is 3.73. The van der Waals surface area contributed by atoms with E-state index >= 15 is 0 Å². The molecule has 6 heteroatoms. The second-order valence-corrected chi connectivity index (χ2v) is 5.71. The van der Waals surface area contributed by atoms with Gasteiger partial charge in [-0.05, 0) is 30.2 Å². The summed E-state index contributed by atoms with van der Waals surface area (Å²) in [4.78, 5) is 5.02. The van der Waals surface area contributed by atoms with E-state index < -0.39 is 9.84 Å². The first kappa shape index (κ1) is 14.0. The van der Waals surface area contributed by atoms with Crippen LogP contribution in [0.1, 0.15) is 11.1 Å². The molecule has 0 bridgehead atoms. The first-order chi connectivity index (χ1) is 7.90. The fourth-order valence-electron chi connectivity index (χ4n) is 1.56. The summed E-state index contributed by atoms with van der Waals surface area (Å²) in [7, 11) is -0.233. The van der Waals surface area contributed by atoms with Crippen molar-refractivity contribution in [3.05, 3.63) is 23.3 Å². The lowest BCUT2D eigenvalue weighted by atomic mass is 10.1. The number of benzene rings is 1. The van der Waals surface area contributed by atoms with Crippen molar-refractivity contribution in [2.45, 2.75) is 18.4 Å². The Bertz CT molecular complexity index is 496. The highest BCUT2D eigenvalue weighted by Gasteiger charge is 2.16. The van der Waals surface area contributed by atoms with Crippen LogP contribution in [0.25, 0.3) is 0 Å². The Morgan fingerprint density at radius 3 is 2.41 bits per heavy atom. The van der Waals surface area contributed by atoms with E-state index in [1.807, 2.05) is 0 Å².